The average Bonchev–Trinajstić information content (AvgIpc) is 3.20. The van der Waals surface area contributed by atoms with Crippen LogP contribution in [0.15, 0.2) is 84.9 Å². The number of hydrogen-bond donors (Lipinski definition) is 0. The maximum absolute atomic E-state index is 10.7. The number of carbonyl (C=O) groups is 2. The smallest absolute Gasteiger partial charge is 0.208 e. The highest BCUT2D eigenvalue weighted by atomic mass is 16.4. The van der Waals surface area contributed by atoms with E-state index in [9.17, 15) is 14.7 Å². The standard InChI is InChI=1S/C24H28N2.C8H6O3/c1-2-13-24-25(14-7-1)15-8-16-26(24)18-23-21-11-5-3-9-19(21)17-20-10-4-6-12-22(20)23;9-7(8(10)11)6-4-2-1-3-5-6/h3-6,9-12,17,24H,1-2,7-8,13-16,18H2;1-5H,(H,10,11)/p-1. The minimum atomic E-state index is -1.67. The van der Waals surface area contributed by atoms with Crippen LogP contribution < -0.4 is 5.11 Å². The summed E-state index contributed by atoms with van der Waals surface area (Å²) in [5, 5.41) is 15.6. The van der Waals surface area contributed by atoms with Gasteiger partial charge in [0.15, 0.2) is 0 Å². The molecule has 5 nitrogen and oxygen atoms in total. The zero-order valence-corrected chi connectivity index (χ0v) is 21.1. The van der Waals surface area contributed by atoms with Gasteiger partial charge < -0.3 is 9.90 Å². The minimum absolute atomic E-state index is 0.146. The van der Waals surface area contributed by atoms with Crippen LogP contribution in [0.1, 0.15) is 48.0 Å². The highest BCUT2D eigenvalue weighted by molar-refractivity contribution is 6.38. The second kappa shape index (κ2) is 11.7. The Morgan fingerprint density at radius 1 is 0.730 bits per heavy atom. The van der Waals surface area contributed by atoms with Gasteiger partial charge in [-0.05, 0) is 59.0 Å². The van der Waals surface area contributed by atoms with E-state index in [4.69, 9.17) is 0 Å². The number of carboxylic acids is 1. The van der Waals surface area contributed by atoms with Crippen molar-refractivity contribution in [3.05, 3.63) is 96.1 Å². The minimum Gasteiger partial charge on any atom is -0.541 e. The Morgan fingerprint density at radius 2 is 1.35 bits per heavy atom. The van der Waals surface area contributed by atoms with Crippen molar-refractivity contribution in [2.75, 3.05) is 19.6 Å². The van der Waals surface area contributed by atoms with Gasteiger partial charge in [0.1, 0.15) is 5.97 Å². The van der Waals surface area contributed by atoms with Crippen LogP contribution in [0.4, 0.5) is 0 Å². The second-order valence-corrected chi connectivity index (χ2v) is 9.97. The lowest BCUT2D eigenvalue weighted by Gasteiger charge is -2.43. The third-order valence-electron chi connectivity index (χ3n) is 7.61. The number of aliphatic carboxylic acids is 1. The molecule has 2 fully saturated rings. The maximum atomic E-state index is 10.7. The molecular weight excluding hydrogens is 460 g/mol. The highest BCUT2D eigenvalue weighted by Crippen LogP contribution is 2.32. The van der Waals surface area contributed by atoms with Crippen LogP contribution in [0.5, 0.6) is 0 Å². The van der Waals surface area contributed by atoms with Crippen LogP contribution in [0, 0.1) is 0 Å². The van der Waals surface area contributed by atoms with Crippen LogP contribution in [-0.2, 0) is 11.3 Å². The number of fused-ring (bicyclic) bond motifs is 3. The molecule has 2 aliphatic rings. The first-order valence-corrected chi connectivity index (χ1v) is 13.3. The maximum Gasteiger partial charge on any atom is 0.208 e. The summed E-state index contributed by atoms with van der Waals surface area (Å²) in [4.78, 5) is 26.2. The Balaban J connectivity index is 0.000000215. The van der Waals surface area contributed by atoms with E-state index in [1.54, 1.807) is 18.2 Å². The van der Waals surface area contributed by atoms with Gasteiger partial charge in [-0.1, -0.05) is 91.7 Å². The Bertz CT molecular complexity index is 1330. The first kappa shape index (κ1) is 25.1. The third-order valence-corrected chi connectivity index (χ3v) is 7.61. The molecular formula is C32H33N2O3-. The van der Waals surface area contributed by atoms with Gasteiger partial charge in [-0.25, -0.2) is 0 Å². The highest BCUT2D eigenvalue weighted by Gasteiger charge is 2.30. The van der Waals surface area contributed by atoms with Crippen molar-refractivity contribution in [1.82, 2.24) is 9.80 Å². The van der Waals surface area contributed by atoms with Gasteiger partial charge in [0.2, 0.25) is 5.78 Å². The summed E-state index contributed by atoms with van der Waals surface area (Å²) in [6.07, 6.45) is 7.44. The molecule has 190 valence electrons. The molecule has 1 unspecified atom stereocenters. The first-order valence-electron chi connectivity index (χ1n) is 13.3. The Hall–Kier alpha value is -3.54. The Labute approximate surface area is 218 Å². The molecule has 0 N–H and O–H groups in total. The normalized spacial score (nSPS) is 18.4. The zero-order valence-electron chi connectivity index (χ0n) is 21.1. The number of nitrogens with zero attached hydrogens (tertiary/aromatic N) is 2. The quantitative estimate of drug-likeness (QED) is 0.227. The second-order valence-electron chi connectivity index (χ2n) is 9.97. The van der Waals surface area contributed by atoms with E-state index in [0.29, 0.717) is 6.17 Å². The van der Waals surface area contributed by atoms with Crippen LogP contribution in [0.2, 0.25) is 0 Å². The molecule has 37 heavy (non-hydrogen) atoms. The lowest BCUT2D eigenvalue weighted by atomic mass is 9.96. The molecule has 0 bridgehead atoms. The fraction of sp³-hybridized carbons (Fsp3) is 0.312. The van der Waals surface area contributed by atoms with E-state index in [2.05, 4.69) is 64.4 Å². The van der Waals surface area contributed by atoms with Crippen molar-refractivity contribution >= 4 is 33.3 Å². The summed E-state index contributed by atoms with van der Waals surface area (Å²) < 4.78 is 0. The predicted molar refractivity (Wildman–Crippen MR) is 146 cm³/mol. The fourth-order valence-electron chi connectivity index (χ4n) is 5.82. The molecule has 2 aliphatic heterocycles. The van der Waals surface area contributed by atoms with Gasteiger partial charge in [0.25, 0.3) is 0 Å². The van der Waals surface area contributed by atoms with E-state index >= 15 is 0 Å². The zero-order chi connectivity index (χ0) is 25.6. The van der Waals surface area contributed by atoms with E-state index < -0.39 is 11.8 Å². The van der Waals surface area contributed by atoms with Gasteiger partial charge >= 0.3 is 0 Å². The van der Waals surface area contributed by atoms with Crippen molar-refractivity contribution in [3.63, 3.8) is 0 Å². The molecule has 0 aromatic heterocycles. The third kappa shape index (κ3) is 5.74. The fourth-order valence-corrected chi connectivity index (χ4v) is 5.82. The van der Waals surface area contributed by atoms with Gasteiger partial charge in [0, 0.05) is 25.2 Å². The summed E-state index contributed by atoms with van der Waals surface area (Å²) in [6.45, 7) is 4.89. The van der Waals surface area contributed by atoms with Crippen molar-refractivity contribution in [3.8, 4) is 0 Å². The lowest BCUT2D eigenvalue weighted by molar-refractivity contribution is -0.296. The van der Waals surface area contributed by atoms with Crippen molar-refractivity contribution in [2.24, 2.45) is 0 Å². The number of carbonyl (C=O) groups excluding carboxylic acids is 2. The first-order chi connectivity index (χ1) is 18.1. The molecule has 1 atom stereocenters. The molecule has 4 aromatic rings. The number of hydrogen-bond acceptors (Lipinski definition) is 5. The molecule has 0 aliphatic carbocycles. The van der Waals surface area contributed by atoms with Gasteiger partial charge in [-0.3, -0.25) is 14.6 Å². The Kier molecular flexibility index (Phi) is 7.93. The SMILES string of the molecule is O=C([O-])C(=O)c1ccccc1.c1ccc2c(CN3CCCN4CCCCCC43)c3ccccc3cc2c1. The summed E-state index contributed by atoms with van der Waals surface area (Å²) in [7, 11) is 0. The van der Waals surface area contributed by atoms with Crippen LogP contribution >= 0.6 is 0 Å². The van der Waals surface area contributed by atoms with Crippen molar-refractivity contribution < 1.29 is 14.7 Å². The van der Waals surface area contributed by atoms with Crippen LogP contribution in [0.25, 0.3) is 21.5 Å². The van der Waals surface area contributed by atoms with Gasteiger partial charge in [0.05, 0.1) is 6.17 Å². The van der Waals surface area contributed by atoms with Crippen LogP contribution in [-0.4, -0.2) is 47.4 Å². The van der Waals surface area contributed by atoms with E-state index in [1.165, 1.54) is 91.0 Å². The monoisotopic (exact) mass is 493 g/mol. The van der Waals surface area contributed by atoms with Gasteiger partial charge in [-0.2, -0.15) is 0 Å². The molecule has 0 spiro atoms. The number of Topliss-reactive ketones (excluding diaryl/α,β-unsaturated/α-hetero) is 1. The molecule has 5 heteroatoms. The summed E-state index contributed by atoms with van der Waals surface area (Å²) >= 11 is 0. The van der Waals surface area contributed by atoms with Crippen LogP contribution in [0.3, 0.4) is 0 Å². The van der Waals surface area contributed by atoms with E-state index in [0.717, 1.165) is 6.54 Å². The average molecular weight is 494 g/mol. The summed E-state index contributed by atoms with van der Waals surface area (Å²) in [5.41, 5.74) is 1.66. The summed E-state index contributed by atoms with van der Waals surface area (Å²) in [6, 6.07) is 27.9. The number of carboxylic acid groups (broad SMARTS) is 1. The summed E-state index contributed by atoms with van der Waals surface area (Å²) in [5.74, 6) is -2.65. The van der Waals surface area contributed by atoms with Crippen molar-refractivity contribution in [2.45, 2.75) is 44.8 Å². The number of benzene rings is 4. The molecule has 4 aromatic carbocycles. The molecule has 2 heterocycles. The molecule has 2 saturated heterocycles. The lowest BCUT2D eigenvalue weighted by Crippen LogP contribution is -2.52. The predicted octanol–water partition coefficient (Wildman–Crippen LogP) is 5.02. The molecule has 0 saturated carbocycles. The van der Waals surface area contributed by atoms with E-state index in [1.807, 2.05) is 0 Å². The molecule has 0 radical (unpaired) electrons. The largest absolute Gasteiger partial charge is 0.541 e. The molecule has 0 amide bonds. The molecule has 6 rings (SSSR count). The Morgan fingerprint density at radius 3 is 2.03 bits per heavy atom. The van der Waals surface area contributed by atoms with Crippen molar-refractivity contribution in [1.29, 1.82) is 0 Å². The topological polar surface area (TPSA) is 63.7 Å². The van der Waals surface area contributed by atoms with Gasteiger partial charge in [-0.15, -0.1) is 0 Å². The van der Waals surface area contributed by atoms with E-state index in [-0.39, 0.29) is 5.56 Å². The number of rotatable bonds is 4. The number of ketones is 1.